The fourth-order valence-corrected chi connectivity index (χ4v) is 3.27. The summed E-state index contributed by atoms with van der Waals surface area (Å²) < 4.78 is 14.9. The number of allylic oxidation sites excluding steroid dienone is 3. The molecule has 0 aromatic heterocycles. The summed E-state index contributed by atoms with van der Waals surface area (Å²) in [5.41, 5.74) is -0.0786. The molecule has 23 heavy (non-hydrogen) atoms. The van der Waals surface area contributed by atoms with Gasteiger partial charge in [-0.1, -0.05) is 0 Å². The second kappa shape index (κ2) is 6.94. The molecule has 0 radical (unpaired) electrons. The normalized spacial score (nSPS) is 31.5. The van der Waals surface area contributed by atoms with Crippen LogP contribution in [-0.2, 0) is 4.79 Å². The van der Waals surface area contributed by atoms with Crippen molar-refractivity contribution in [1.29, 1.82) is 0 Å². The molecular formula is C14H17ClFIN2O4. The van der Waals surface area contributed by atoms with E-state index in [1.807, 2.05) is 22.6 Å². The van der Waals surface area contributed by atoms with Gasteiger partial charge in [0.1, 0.15) is 6.17 Å². The average molecular weight is 459 g/mol. The molecule has 0 aromatic carbocycles. The van der Waals surface area contributed by atoms with E-state index in [0.717, 1.165) is 4.90 Å². The van der Waals surface area contributed by atoms with Crippen molar-refractivity contribution in [3.05, 3.63) is 21.3 Å². The molecule has 9 heteroatoms. The van der Waals surface area contributed by atoms with Crippen molar-refractivity contribution in [2.75, 3.05) is 26.2 Å². The molecule has 1 heterocycles. The van der Waals surface area contributed by atoms with Gasteiger partial charge in [-0.25, -0.2) is 9.18 Å². The molecule has 3 atom stereocenters. The maximum atomic E-state index is 14.3. The van der Waals surface area contributed by atoms with Gasteiger partial charge in [0.05, 0.1) is 23.1 Å². The van der Waals surface area contributed by atoms with Gasteiger partial charge in [0, 0.05) is 23.2 Å². The molecule has 0 aromatic rings. The van der Waals surface area contributed by atoms with Gasteiger partial charge in [0.25, 0.3) is 5.91 Å². The van der Waals surface area contributed by atoms with Crippen molar-refractivity contribution in [3.8, 4) is 0 Å². The number of aliphatic hydroxyl groups excluding tert-OH is 1. The lowest BCUT2D eigenvalue weighted by molar-refractivity contribution is -0.133. The van der Waals surface area contributed by atoms with Gasteiger partial charge >= 0.3 is 6.09 Å². The standard InChI is InChI=1S/C14H17ClFIN2O4/c1-14(15)5-9(10(16)4-11(14)17)12(21)19-3-2-18(13(22)23)6-8(19)7-20/h4-5,8,10,20H,2-3,6-7H2,1H3,(H,22,23)/t8-,10?,14?/m1/s1. The van der Waals surface area contributed by atoms with Gasteiger partial charge in [-0.05, 0) is 41.7 Å². The summed E-state index contributed by atoms with van der Waals surface area (Å²) in [6, 6.07) is -0.702. The van der Waals surface area contributed by atoms with Crippen LogP contribution in [0.4, 0.5) is 9.18 Å². The lowest BCUT2D eigenvalue weighted by Gasteiger charge is -2.40. The Morgan fingerprint density at radius 2 is 2.17 bits per heavy atom. The lowest BCUT2D eigenvalue weighted by atomic mass is 9.94. The van der Waals surface area contributed by atoms with Crippen LogP contribution in [-0.4, -0.2) is 75.3 Å². The van der Waals surface area contributed by atoms with Crippen LogP contribution in [0.1, 0.15) is 6.92 Å². The molecule has 2 aliphatic rings. The molecule has 1 aliphatic carbocycles. The van der Waals surface area contributed by atoms with Gasteiger partial charge in [-0.3, -0.25) is 4.79 Å². The molecule has 2 rings (SSSR count). The average Bonchev–Trinajstić information content (AvgIpc) is 2.49. The van der Waals surface area contributed by atoms with Crippen molar-refractivity contribution >= 4 is 46.2 Å². The van der Waals surface area contributed by atoms with E-state index in [4.69, 9.17) is 16.7 Å². The number of carbonyl (C=O) groups excluding carboxylic acids is 1. The van der Waals surface area contributed by atoms with Crippen molar-refractivity contribution in [3.63, 3.8) is 0 Å². The lowest BCUT2D eigenvalue weighted by Crippen LogP contribution is -2.58. The molecule has 0 saturated carbocycles. The van der Waals surface area contributed by atoms with Gasteiger partial charge < -0.3 is 20.0 Å². The number of piperazine rings is 1. The number of carbonyl (C=O) groups is 2. The zero-order valence-electron chi connectivity index (χ0n) is 12.4. The number of amides is 2. The molecule has 1 aliphatic heterocycles. The molecule has 0 spiro atoms. The summed E-state index contributed by atoms with van der Waals surface area (Å²) in [5, 5.41) is 18.5. The van der Waals surface area contributed by atoms with Crippen LogP contribution in [0.5, 0.6) is 0 Å². The first-order chi connectivity index (χ1) is 10.7. The zero-order valence-corrected chi connectivity index (χ0v) is 15.3. The number of alkyl halides is 2. The highest BCUT2D eigenvalue weighted by atomic mass is 127. The minimum Gasteiger partial charge on any atom is -0.465 e. The van der Waals surface area contributed by atoms with Crippen molar-refractivity contribution in [1.82, 2.24) is 9.80 Å². The summed E-state index contributed by atoms with van der Waals surface area (Å²) in [6.45, 7) is 1.48. The summed E-state index contributed by atoms with van der Waals surface area (Å²) in [6.07, 6.45) is 0.00326. The fraction of sp³-hybridized carbons (Fsp3) is 0.571. The Kier molecular flexibility index (Phi) is 5.57. The Morgan fingerprint density at radius 1 is 1.52 bits per heavy atom. The fourth-order valence-electron chi connectivity index (χ4n) is 2.62. The molecule has 2 N–H and O–H groups in total. The quantitative estimate of drug-likeness (QED) is 0.488. The first-order valence-corrected chi connectivity index (χ1v) is 8.46. The largest absolute Gasteiger partial charge is 0.465 e. The summed E-state index contributed by atoms with van der Waals surface area (Å²) in [7, 11) is 0. The third kappa shape index (κ3) is 3.80. The van der Waals surface area contributed by atoms with E-state index in [9.17, 15) is 19.1 Å². The number of carboxylic acid groups (broad SMARTS) is 1. The molecule has 1 saturated heterocycles. The first-order valence-electron chi connectivity index (χ1n) is 7.00. The Labute approximate surface area is 151 Å². The van der Waals surface area contributed by atoms with Crippen LogP contribution in [0.3, 0.4) is 0 Å². The Hall–Kier alpha value is -0.870. The molecule has 2 amide bonds. The SMILES string of the molecule is CC1(Cl)C=C(C(=O)N2CCN(C(=O)O)C[C@@H]2CO)C(F)C=C1I. The predicted octanol–water partition coefficient (Wildman–Crippen LogP) is 1.76. The highest BCUT2D eigenvalue weighted by molar-refractivity contribution is 14.1. The molecule has 128 valence electrons. The Balaban J connectivity index is 2.21. The van der Waals surface area contributed by atoms with Crippen LogP contribution in [0.15, 0.2) is 21.3 Å². The smallest absolute Gasteiger partial charge is 0.407 e. The molecule has 1 fully saturated rings. The van der Waals surface area contributed by atoms with E-state index < -0.39 is 35.7 Å². The van der Waals surface area contributed by atoms with Crippen LogP contribution in [0.25, 0.3) is 0 Å². The van der Waals surface area contributed by atoms with Crippen LogP contribution in [0, 0.1) is 0 Å². The van der Waals surface area contributed by atoms with Crippen molar-refractivity contribution in [2.45, 2.75) is 24.0 Å². The second-order valence-electron chi connectivity index (χ2n) is 5.66. The summed E-state index contributed by atoms with van der Waals surface area (Å²) in [4.78, 5) is 25.2. The minimum atomic E-state index is -1.57. The number of hydrogen-bond donors (Lipinski definition) is 2. The monoisotopic (exact) mass is 458 g/mol. The summed E-state index contributed by atoms with van der Waals surface area (Å²) >= 11 is 8.21. The molecule has 6 nitrogen and oxygen atoms in total. The maximum absolute atomic E-state index is 14.3. The van der Waals surface area contributed by atoms with Crippen molar-refractivity contribution in [2.24, 2.45) is 0 Å². The van der Waals surface area contributed by atoms with Crippen LogP contribution >= 0.6 is 34.2 Å². The molecular weight excluding hydrogens is 442 g/mol. The topological polar surface area (TPSA) is 81.1 Å². The minimum absolute atomic E-state index is 0.00662. The summed E-state index contributed by atoms with van der Waals surface area (Å²) in [5.74, 6) is -0.561. The number of rotatable bonds is 2. The van der Waals surface area contributed by atoms with Crippen molar-refractivity contribution < 1.29 is 24.2 Å². The second-order valence-corrected chi connectivity index (χ2v) is 7.60. The number of halogens is 3. The van der Waals surface area contributed by atoms with E-state index in [-0.39, 0.29) is 25.2 Å². The van der Waals surface area contributed by atoms with E-state index in [0.29, 0.717) is 3.58 Å². The van der Waals surface area contributed by atoms with E-state index in [2.05, 4.69) is 0 Å². The van der Waals surface area contributed by atoms with Gasteiger partial charge in [0.15, 0.2) is 0 Å². The number of nitrogens with zero attached hydrogens (tertiary/aromatic N) is 2. The van der Waals surface area contributed by atoms with E-state index in [1.165, 1.54) is 17.1 Å². The first kappa shape index (κ1) is 18.5. The number of hydrogen-bond acceptors (Lipinski definition) is 3. The molecule has 2 unspecified atom stereocenters. The van der Waals surface area contributed by atoms with Gasteiger partial charge in [-0.15, -0.1) is 11.6 Å². The van der Waals surface area contributed by atoms with Gasteiger partial charge in [-0.2, -0.15) is 0 Å². The number of aliphatic hydroxyl groups is 1. The third-order valence-corrected chi connectivity index (χ3v) is 6.07. The Bertz CT molecular complexity index is 581. The predicted molar refractivity (Wildman–Crippen MR) is 91.5 cm³/mol. The highest BCUT2D eigenvalue weighted by Gasteiger charge is 2.38. The van der Waals surface area contributed by atoms with E-state index in [1.54, 1.807) is 6.92 Å². The highest BCUT2D eigenvalue weighted by Crippen LogP contribution is 2.38. The van der Waals surface area contributed by atoms with Gasteiger partial charge in [0.2, 0.25) is 0 Å². The Morgan fingerprint density at radius 3 is 2.74 bits per heavy atom. The molecule has 0 bridgehead atoms. The third-order valence-electron chi connectivity index (χ3n) is 3.96. The van der Waals surface area contributed by atoms with Crippen LogP contribution < -0.4 is 0 Å². The zero-order chi connectivity index (χ0) is 17.4. The van der Waals surface area contributed by atoms with E-state index >= 15 is 0 Å². The maximum Gasteiger partial charge on any atom is 0.407 e. The van der Waals surface area contributed by atoms with Crippen LogP contribution in [0.2, 0.25) is 0 Å².